The van der Waals surface area contributed by atoms with Crippen LogP contribution in [0.1, 0.15) is 18.9 Å². The Labute approximate surface area is 111 Å². The molecule has 19 heavy (non-hydrogen) atoms. The first kappa shape index (κ1) is 13.5. The van der Waals surface area contributed by atoms with E-state index in [0.29, 0.717) is 6.54 Å². The highest BCUT2D eigenvalue weighted by Crippen LogP contribution is 2.18. The molecule has 0 saturated carbocycles. The first-order chi connectivity index (χ1) is 8.99. The molecule has 1 saturated heterocycles. The van der Waals surface area contributed by atoms with E-state index in [4.69, 9.17) is 5.73 Å². The lowest BCUT2D eigenvalue weighted by molar-refractivity contribution is -0.384. The van der Waals surface area contributed by atoms with E-state index in [1.54, 1.807) is 17.0 Å². The predicted molar refractivity (Wildman–Crippen MR) is 70.6 cm³/mol. The summed E-state index contributed by atoms with van der Waals surface area (Å²) < 4.78 is 0. The van der Waals surface area contributed by atoms with Crippen molar-refractivity contribution in [3.05, 3.63) is 39.9 Å². The van der Waals surface area contributed by atoms with Crippen LogP contribution in [0.3, 0.4) is 0 Å². The second-order valence-electron chi connectivity index (χ2n) is 4.88. The van der Waals surface area contributed by atoms with Gasteiger partial charge in [0.15, 0.2) is 0 Å². The minimum absolute atomic E-state index is 0.0225. The zero-order chi connectivity index (χ0) is 14.0. The fraction of sp³-hybridized carbons (Fsp3) is 0.462. The van der Waals surface area contributed by atoms with Gasteiger partial charge < -0.3 is 10.6 Å². The maximum atomic E-state index is 12.1. The van der Waals surface area contributed by atoms with Crippen molar-refractivity contribution in [3.8, 4) is 0 Å². The van der Waals surface area contributed by atoms with Gasteiger partial charge >= 0.3 is 0 Å². The normalized spacial score (nSPS) is 22.5. The van der Waals surface area contributed by atoms with Gasteiger partial charge in [-0.15, -0.1) is 0 Å². The maximum Gasteiger partial charge on any atom is 0.269 e. The monoisotopic (exact) mass is 263 g/mol. The SMILES string of the molecule is CC1C(N)CCN1C(=O)Cc1ccc([N+](=O)[O-])cc1. The van der Waals surface area contributed by atoms with E-state index in [9.17, 15) is 14.9 Å². The summed E-state index contributed by atoms with van der Waals surface area (Å²) >= 11 is 0. The van der Waals surface area contributed by atoms with E-state index in [-0.39, 0.29) is 30.1 Å². The smallest absolute Gasteiger partial charge is 0.269 e. The highest BCUT2D eigenvalue weighted by Gasteiger charge is 2.31. The van der Waals surface area contributed by atoms with Crippen LogP contribution in [0.15, 0.2) is 24.3 Å². The van der Waals surface area contributed by atoms with Crippen LogP contribution in [-0.4, -0.2) is 34.4 Å². The highest BCUT2D eigenvalue weighted by atomic mass is 16.6. The summed E-state index contributed by atoms with van der Waals surface area (Å²) in [4.78, 5) is 24.0. The summed E-state index contributed by atoms with van der Waals surface area (Å²) in [5.74, 6) is 0.0225. The quantitative estimate of drug-likeness (QED) is 0.652. The minimum atomic E-state index is -0.451. The Bertz CT molecular complexity index is 486. The molecule has 102 valence electrons. The van der Waals surface area contributed by atoms with Crippen LogP contribution in [0.25, 0.3) is 0 Å². The molecule has 2 rings (SSSR count). The van der Waals surface area contributed by atoms with Crippen molar-refractivity contribution < 1.29 is 9.72 Å². The zero-order valence-corrected chi connectivity index (χ0v) is 10.8. The molecule has 6 heteroatoms. The van der Waals surface area contributed by atoms with Crippen LogP contribution < -0.4 is 5.73 Å². The number of benzene rings is 1. The van der Waals surface area contributed by atoms with Crippen molar-refractivity contribution in [3.63, 3.8) is 0 Å². The Morgan fingerprint density at radius 2 is 2.11 bits per heavy atom. The first-order valence-corrected chi connectivity index (χ1v) is 6.27. The van der Waals surface area contributed by atoms with Gasteiger partial charge in [-0.1, -0.05) is 12.1 Å². The molecule has 2 unspecified atom stereocenters. The van der Waals surface area contributed by atoms with Crippen LogP contribution in [0.4, 0.5) is 5.69 Å². The number of nitro benzene ring substituents is 1. The number of likely N-dealkylation sites (tertiary alicyclic amines) is 1. The number of hydrogen-bond acceptors (Lipinski definition) is 4. The fourth-order valence-electron chi connectivity index (χ4n) is 2.33. The molecule has 0 aromatic heterocycles. The van der Waals surface area contributed by atoms with Crippen molar-refractivity contribution in [1.29, 1.82) is 0 Å². The van der Waals surface area contributed by atoms with Gasteiger partial charge in [0, 0.05) is 30.8 Å². The lowest BCUT2D eigenvalue weighted by Gasteiger charge is -2.23. The molecular formula is C13H17N3O3. The van der Waals surface area contributed by atoms with Crippen molar-refractivity contribution >= 4 is 11.6 Å². The zero-order valence-electron chi connectivity index (χ0n) is 10.8. The van der Waals surface area contributed by atoms with E-state index < -0.39 is 4.92 Å². The van der Waals surface area contributed by atoms with Crippen LogP contribution >= 0.6 is 0 Å². The summed E-state index contributed by atoms with van der Waals surface area (Å²) in [6, 6.07) is 6.18. The van der Waals surface area contributed by atoms with Crippen LogP contribution in [0.2, 0.25) is 0 Å². The molecule has 0 bridgehead atoms. The van der Waals surface area contributed by atoms with E-state index >= 15 is 0 Å². The lowest BCUT2D eigenvalue weighted by Crippen LogP contribution is -2.41. The summed E-state index contributed by atoms with van der Waals surface area (Å²) in [6.07, 6.45) is 1.09. The van der Waals surface area contributed by atoms with Crippen LogP contribution in [0, 0.1) is 10.1 Å². The van der Waals surface area contributed by atoms with Gasteiger partial charge in [0.1, 0.15) is 0 Å². The molecule has 0 radical (unpaired) electrons. The number of carbonyl (C=O) groups excluding carboxylic acids is 1. The van der Waals surface area contributed by atoms with E-state index in [1.165, 1.54) is 12.1 Å². The van der Waals surface area contributed by atoms with Gasteiger partial charge in [-0.2, -0.15) is 0 Å². The summed E-state index contributed by atoms with van der Waals surface area (Å²) in [5, 5.41) is 10.5. The predicted octanol–water partition coefficient (Wildman–Crippen LogP) is 1.09. The number of amides is 1. The second-order valence-corrected chi connectivity index (χ2v) is 4.88. The molecule has 6 nitrogen and oxygen atoms in total. The summed E-state index contributed by atoms with van der Waals surface area (Å²) in [7, 11) is 0. The molecule has 1 aromatic rings. The van der Waals surface area contributed by atoms with E-state index in [1.807, 2.05) is 6.92 Å². The Morgan fingerprint density at radius 1 is 1.47 bits per heavy atom. The van der Waals surface area contributed by atoms with Crippen molar-refractivity contribution in [2.75, 3.05) is 6.54 Å². The fourth-order valence-corrected chi connectivity index (χ4v) is 2.33. The summed E-state index contributed by atoms with van der Waals surface area (Å²) in [5.41, 5.74) is 6.70. The van der Waals surface area contributed by atoms with Gasteiger partial charge in [0.25, 0.3) is 5.69 Å². The van der Waals surface area contributed by atoms with Gasteiger partial charge in [-0.05, 0) is 18.9 Å². The lowest BCUT2D eigenvalue weighted by atomic mass is 10.1. The Kier molecular flexibility index (Phi) is 3.80. The van der Waals surface area contributed by atoms with E-state index in [2.05, 4.69) is 0 Å². The Morgan fingerprint density at radius 3 is 2.58 bits per heavy atom. The number of nitrogens with two attached hydrogens (primary N) is 1. The average Bonchev–Trinajstić information content (AvgIpc) is 2.70. The van der Waals surface area contributed by atoms with Crippen LogP contribution in [-0.2, 0) is 11.2 Å². The minimum Gasteiger partial charge on any atom is -0.338 e. The standard InChI is InChI=1S/C13H17N3O3/c1-9-12(14)6-7-15(9)13(17)8-10-2-4-11(5-3-10)16(18)19/h2-5,9,12H,6-8,14H2,1H3. The van der Waals surface area contributed by atoms with E-state index in [0.717, 1.165) is 12.0 Å². The van der Waals surface area contributed by atoms with Crippen molar-refractivity contribution in [1.82, 2.24) is 4.90 Å². The molecular weight excluding hydrogens is 246 g/mol. The maximum absolute atomic E-state index is 12.1. The molecule has 1 fully saturated rings. The number of non-ortho nitro benzene ring substituents is 1. The number of carbonyl (C=O) groups is 1. The number of hydrogen-bond donors (Lipinski definition) is 1. The van der Waals surface area contributed by atoms with Crippen molar-refractivity contribution in [2.24, 2.45) is 5.73 Å². The molecule has 1 amide bonds. The third-order valence-electron chi connectivity index (χ3n) is 3.64. The first-order valence-electron chi connectivity index (χ1n) is 6.27. The van der Waals surface area contributed by atoms with Gasteiger partial charge in [0.05, 0.1) is 11.3 Å². The third kappa shape index (κ3) is 2.90. The Balaban J connectivity index is 2.01. The molecule has 0 aliphatic carbocycles. The molecule has 1 heterocycles. The van der Waals surface area contributed by atoms with Crippen molar-refractivity contribution in [2.45, 2.75) is 31.8 Å². The van der Waals surface area contributed by atoms with Gasteiger partial charge in [-0.25, -0.2) is 0 Å². The number of rotatable bonds is 3. The topological polar surface area (TPSA) is 89.5 Å². The van der Waals surface area contributed by atoms with Gasteiger partial charge in [-0.3, -0.25) is 14.9 Å². The van der Waals surface area contributed by atoms with Gasteiger partial charge in [0.2, 0.25) is 5.91 Å². The Hall–Kier alpha value is -1.95. The number of nitrogens with zero attached hydrogens (tertiary/aromatic N) is 2. The molecule has 1 aliphatic rings. The molecule has 2 N–H and O–H groups in total. The molecule has 1 aromatic carbocycles. The number of nitro groups is 1. The third-order valence-corrected chi connectivity index (χ3v) is 3.64. The summed E-state index contributed by atoms with van der Waals surface area (Å²) in [6.45, 7) is 2.64. The second kappa shape index (κ2) is 5.36. The average molecular weight is 263 g/mol. The largest absolute Gasteiger partial charge is 0.338 e. The highest BCUT2D eigenvalue weighted by molar-refractivity contribution is 5.79. The molecule has 1 aliphatic heterocycles. The molecule has 2 atom stereocenters. The molecule has 0 spiro atoms. The van der Waals surface area contributed by atoms with Crippen LogP contribution in [0.5, 0.6) is 0 Å².